The number of carbonyl (C=O) groups is 1. The molecular weight excluding hydrogens is 230 g/mol. The third-order valence-corrected chi connectivity index (χ3v) is 2.67. The Hall–Kier alpha value is -1.59. The monoisotopic (exact) mass is 251 g/mol. The molecule has 0 spiro atoms. The van der Waals surface area contributed by atoms with Crippen molar-refractivity contribution < 1.29 is 9.53 Å². The van der Waals surface area contributed by atoms with Gasteiger partial charge in [-0.15, -0.1) is 0 Å². The van der Waals surface area contributed by atoms with E-state index in [1.807, 2.05) is 38.1 Å². The Morgan fingerprint density at radius 2 is 1.94 bits per heavy atom. The standard InChI is InChI=1S/C13H21N3O2/c1-13(2,18-3)9-15-12(17)16-11-6-4-10(8-14)5-7-11/h4-7H,8-9,14H2,1-3H3,(H2,15,16,17). The Morgan fingerprint density at radius 1 is 1.33 bits per heavy atom. The van der Waals surface area contributed by atoms with Crippen LogP contribution in [-0.2, 0) is 11.3 Å². The number of hydrogen-bond acceptors (Lipinski definition) is 3. The van der Waals surface area contributed by atoms with E-state index in [0.717, 1.165) is 11.3 Å². The van der Waals surface area contributed by atoms with E-state index in [0.29, 0.717) is 13.1 Å². The minimum atomic E-state index is -0.374. The predicted molar refractivity (Wildman–Crippen MR) is 72.4 cm³/mol. The summed E-state index contributed by atoms with van der Waals surface area (Å²) in [6.07, 6.45) is 0. The van der Waals surface area contributed by atoms with Gasteiger partial charge in [-0.1, -0.05) is 12.1 Å². The summed E-state index contributed by atoms with van der Waals surface area (Å²) in [6, 6.07) is 7.16. The van der Waals surface area contributed by atoms with Gasteiger partial charge in [0.25, 0.3) is 0 Å². The Bertz CT molecular complexity index is 388. The van der Waals surface area contributed by atoms with Crippen LogP contribution in [0.25, 0.3) is 0 Å². The van der Waals surface area contributed by atoms with Gasteiger partial charge in [0.05, 0.1) is 5.60 Å². The molecule has 0 unspecified atom stereocenters. The molecule has 0 aliphatic heterocycles. The molecule has 2 amide bonds. The first-order valence-corrected chi connectivity index (χ1v) is 5.86. The fourth-order valence-corrected chi connectivity index (χ4v) is 1.26. The van der Waals surface area contributed by atoms with Crippen LogP contribution >= 0.6 is 0 Å². The van der Waals surface area contributed by atoms with Crippen LogP contribution in [0, 0.1) is 0 Å². The van der Waals surface area contributed by atoms with Crippen molar-refractivity contribution in [2.75, 3.05) is 19.0 Å². The Balaban J connectivity index is 2.44. The minimum absolute atomic E-state index is 0.249. The summed E-state index contributed by atoms with van der Waals surface area (Å²) >= 11 is 0. The SMILES string of the molecule is COC(C)(C)CNC(=O)Nc1ccc(CN)cc1. The molecule has 0 fully saturated rings. The van der Waals surface area contributed by atoms with Gasteiger partial charge in [0, 0.05) is 25.9 Å². The van der Waals surface area contributed by atoms with Gasteiger partial charge in [0.15, 0.2) is 0 Å². The largest absolute Gasteiger partial charge is 0.377 e. The van der Waals surface area contributed by atoms with E-state index in [-0.39, 0.29) is 11.6 Å². The number of methoxy groups -OCH3 is 1. The second-order valence-electron chi connectivity index (χ2n) is 4.67. The molecule has 0 saturated heterocycles. The Kier molecular flexibility index (Phi) is 5.12. The van der Waals surface area contributed by atoms with Crippen LogP contribution in [-0.4, -0.2) is 25.3 Å². The Labute approximate surface area is 108 Å². The van der Waals surface area contributed by atoms with Crippen LogP contribution in [0.4, 0.5) is 10.5 Å². The van der Waals surface area contributed by atoms with Gasteiger partial charge in [0.2, 0.25) is 0 Å². The highest BCUT2D eigenvalue weighted by molar-refractivity contribution is 5.89. The van der Waals surface area contributed by atoms with Gasteiger partial charge in [-0.3, -0.25) is 0 Å². The molecule has 0 saturated carbocycles. The zero-order valence-corrected chi connectivity index (χ0v) is 11.1. The van der Waals surface area contributed by atoms with Gasteiger partial charge < -0.3 is 21.1 Å². The van der Waals surface area contributed by atoms with Crippen molar-refractivity contribution in [2.45, 2.75) is 26.0 Å². The molecule has 0 radical (unpaired) electrons. The Morgan fingerprint density at radius 3 is 2.44 bits per heavy atom. The lowest BCUT2D eigenvalue weighted by Crippen LogP contribution is -2.41. The lowest BCUT2D eigenvalue weighted by molar-refractivity contribution is 0.0257. The molecule has 0 bridgehead atoms. The second-order valence-corrected chi connectivity index (χ2v) is 4.67. The quantitative estimate of drug-likeness (QED) is 0.745. The molecule has 0 atom stereocenters. The molecule has 100 valence electrons. The number of carbonyl (C=O) groups excluding carboxylic acids is 1. The van der Waals surface area contributed by atoms with Gasteiger partial charge in [-0.05, 0) is 31.5 Å². The van der Waals surface area contributed by atoms with Crippen LogP contribution in [0.2, 0.25) is 0 Å². The average Bonchev–Trinajstić information content (AvgIpc) is 2.37. The molecule has 1 rings (SSSR count). The lowest BCUT2D eigenvalue weighted by Gasteiger charge is -2.23. The molecule has 0 aromatic heterocycles. The number of benzene rings is 1. The third-order valence-electron chi connectivity index (χ3n) is 2.67. The van der Waals surface area contributed by atoms with Crippen LogP contribution in [0.1, 0.15) is 19.4 Å². The zero-order valence-electron chi connectivity index (χ0n) is 11.1. The number of amides is 2. The average molecular weight is 251 g/mol. The second kappa shape index (κ2) is 6.37. The topological polar surface area (TPSA) is 76.4 Å². The first kappa shape index (κ1) is 14.5. The fraction of sp³-hybridized carbons (Fsp3) is 0.462. The molecule has 0 heterocycles. The van der Waals surface area contributed by atoms with Crippen molar-refractivity contribution in [3.63, 3.8) is 0 Å². The maximum atomic E-state index is 11.6. The highest BCUT2D eigenvalue weighted by Gasteiger charge is 2.17. The molecule has 1 aromatic carbocycles. The summed E-state index contributed by atoms with van der Waals surface area (Å²) in [5, 5.41) is 5.49. The minimum Gasteiger partial charge on any atom is -0.377 e. The third kappa shape index (κ3) is 4.73. The first-order chi connectivity index (χ1) is 8.46. The van der Waals surface area contributed by atoms with E-state index in [1.165, 1.54) is 0 Å². The molecule has 5 nitrogen and oxygen atoms in total. The van der Waals surface area contributed by atoms with Crippen molar-refractivity contribution in [3.8, 4) is 0 Å². The lowest BCUT2D eigenvalue weighted by atomic mass is 10.1. The molecular formula is C13H21N3O2. The van der Waals surface area contributed by atoms with Crippen LogP contribution in [0.5, 0.6) is 0 Å². The van der Waals surface area contributed by atoms with Crippen molar-refractivity contribution >= 4 is 11.7 Å². The van der Waals surface area contributed by atoms with E-state index in [9.17, 15) is 4.79 Å². The zero-order chi connectivity index (χ0) is 13.6. The van der Waals surface area contributed by atoms with Crippen molar-refractivity contribution in [1.82, 2.24) is 5.32 Å². The van der Waals surface area contributed by atoms with Crippen LogP contribution in [0.3, 0.4) is 0 Å². The highest BCUT2D eigenvalue weighted by atomic mass is 16.5. The highest BCUT2D eigenvalue weighted by Crippen LogP contribution is 2.09. The van der Waals surface area contributed by atoms with Gasteiger partial charge in [-0.2, -0.15) is 0 Å². The smallest absolute Gasteiger partial charge is 0.319 e. The summed E-state index contributed by atoms with van der Waals surface area (Å²) < 4.78 is 5.21. The first-order valence-electron chi connectivity index (χ1n) is 5.86. The maximum absolute atomic E-state index is 11.6. The summed E-state index contributed by atoms with van der Waals surface area (Å²) in [5.41, 5.74) is 6.89. The van der Waals surface area contributed by atoms with E-state index in [4.69, 9.17) is 10.5 Å². The molecule has 0 aliphatic carbocycles. The van der Waals surface area contributed by atoms with E-state index in [1.54, 1.807) is 7.11 Å². The number of urea groups is 1. The van der Waals surface area contributed by atoms with Crippen LogP contribution in [0.15, 0.2) is 24.3 Å². The molecule has 5 heteroatoms. The maximum Gasteiger partial charge on any atom is 0.319 e. The van der Waals surface area contributed by atoms with Crippen molar-refractivity contribution in [2.24, 2.45) is 5.73 Å². The summed E-state index contributed by atoms with van der Waals surface area (Å²) in [7, 11) is 1.62. The number of nitrogens with one attached hydrogen (secondary N) is 2. The van der Waals surface area contributed by atoms with Crippen molar-refractivity contribution in [1.29, 1.82) is 0 Å². The molecule has 18 heavy (non-hydrogen) atoms. The number of anilines is 1. The van der Waals surface area contributed by atoms with E-state index in [2.05, 4.69) is 10.6 Å². The van der Waals surface area contributed by atoms with E-state index < -0.39 is 0 Å². The number of nitrogens with two attached hydrogens (primary N) is 1. The number of rotatable bonds is 5. The van der Waals surface area contributed by atoms with Gasteiger partial charge >= 0.3 is 6.03 Å². The fourth-order valence-electron chi connectivity index (χ4n) is 1.26. The molecule has 0 aliphatic rings. The van der Waals surface area contributed by atoms with Crippen molar-refractivity contribution in [3.05, 3.63) is 29.8 Å². The summed E-state index contributed by atoms with van der Waals surface area (Å²) in [6.45, 7) is 4.75. The summed E-state index contributed by atoms with van der Waals surface area (Å²) in [4.78, 5) is 11.6. The predicted octanol–water partition coefficient (Wildman–Crippen LogP) is 1.69. The molecule has 1 aromatic rings. The van der Waals surface area contributed by atoms with Gasteiger partial charge in [0.1, 0.15) is 0 Å². The normalized spacial score (nSPS) is 11.1. The summed E-state index contributed by atoms with van der Waals surface area (Å²) in [5.74, 6) is 0. The molecule has 4 N–H and O–H groups in total. The van der Waals surface area contributed by atoms with Gasteiger partial charge in [-0.25, -0.2) is 4.79 Å². The number of hydrogen-bond donors (Lipinski definition) is 3. The van der Waals surface area contributed by atoms with Crippen LogP contribution < -0.4 is 16.4 Å². The number of ether oxygens (including phenoxy) is 1. The van der Waals surface area contributed by atoms with E-state index >= 15 is 0 Å².